The van der Waals surface area contributed by atoms with E-state index in [1.165, 1.54) is 31.2 Å². The van der Waals surface area contributed by atoms with E-state index in [1.807, 2.05) is 33.9 Å². The van der Waals surface area contributed by atoms with Gasteiger partial charge < -0.3 is 5.11 Å². The minimum absolute atomic E-state index is 0. The summed E-state index contributed by atoms with van der Waals surface area (Å²) in [5.74, 6) is 0.547. The summed E-state index contributed by atoms with van der Waals surface area (Å²) in [4.78, 5) is 21.4. The number of hydrogen-bond acceptors (Lipinski definition) is 4. The fraction of sp³-hybridized carbons (Fsp3) is 0.472. The molecular formula is C36H47IrN2O2Se-. The zero-order valence-electron chi connectivity index (χ0n) is 26.7. The van der Waals surface area contributed by atoms with Crippen molar-refractivity contribution in [1.82, 2.24) is 9.97 Å². The number of hydrogen-bond donors (Lipinski definition) is 1. The predicted molar refractivity (Wildman–Crippen MR) is 175 cm³/mol. The van der Waals surface area contributed by atoms with Crippen molar-refractivity contribution in [1.29, 1.82) is 0 Å². The van der Waals surface area contributed by atoms with Crippen LogP contribution in [0.25, 0.3) is 31.8 Å². The Morgan fingerprint density at radius 1 is 0.976 bits per heavy atom. The summed E-state index contributed by atoms with van der Waals surface area (Å²) < 4.78 is 2.76. The van der Waals surface area contributed by atoms with Gasteiger partial charge in [0.1, 0.15) is 0 Å². The van der Waals surface area contributed by atoms with Gasteiger partial charge in [0, 0.05) is 38.0 Å². The smallest absolute Gasteiger partial charge is 0 e. The summed E-state index contributed by atoms with van der Waals surface area (Å²) in [5, 5.41) is 12.3. The molecule has 0 aliphatic carbocycles. The first kappa shape index (κ1) is 36.1. The molecule has 4 rings (SSSR count). The van der Waals surface area contributed by atoms with E-state index < -0.39 is 0 Å². The second-order valence-corrected chi connectivity index (χ2v) is 14.5. The number of aromatic nitrogens is 2. The number of aliphatic hydroxyl groups is 1. The van der Waals surface area contributed by atoms with Crippen LogP contribution in [-0.2, 0) is 31.3 Å². The molecule has 0 aliphatic heterocycles. The normalized spacial score (nSPS) is 12.0. The van der Waals surface area contributed by atoms with Crippen LogP contribution in [-0.4, -0.2) is 35.4 Å². The second-order valence-electron chi connectivity index (χ2n) is 12.3. The van der Waals surface area contributed by atoms with Crippen molar-refractivity contribution in [2.75, 3.05) is 0 Å². The van der Waals surface area contributed by atoms with Crippen LogP contribution in [0.15, 0.2) is 48.4 Å². The minimum atomic E-state index is 0. The fourth-order valence-corrected chi connectivity index (χ4v) is 8.15. The van der Waals surface area contributed by atoms with Crippen molar-refractivity contribution in [3.05, 3.63) is 70.1 Å². The largest absolute Gasteiger partial charge is 0 e. The molecule has 1 radical (unpaired) electrons. The maximum Gasteiger partial charge on any atom is 0 e. The topological polar surface area (TPSA) is 63.1 Å². The Morgan fingerprint density at radius 2 is 1.62 bits per heavy atom. The summed E-state index contributed by atoms with van der Waals surface area (Å²) in [5.41, 5.74) is 5.93. The zero-order valence-corrected chi connectivity index (χ0v) is 30.8. The number of rotatable bonds is 9. The van der Waals surface area contributed by atoms with Crippen LogP contribution in [0, 0.1) is 37.2 Å². The van der Waals surface area contributed by atoms with Gasteiger partial charge in [-0.05, 0) is 25.7 Å². The van der Waals surface area contributed by atoms with Gasteiger partial charge in [-0.25, -0.2) is 0 Å². The summed E-state index contributed by atoms with van der Waals surface area (Å²) in [6.45, 7) is 19.1. The number of ketones is 1. The molecule has 2 heterocycles. The van der Waals surface area contributed by atoms with E-state index in [2.05, 4.69) is 71.0 Å². The first-order chi connectivity index (χ1) is 19.4. The van der Waals surface area contributed by atoms with Crippen LogP contribution in [0.1, 0.15) is 89.8 Å². The molecule has 0 atom stereocenters. The monoisotopic (exact) mass is 812 g/mol. The molecule has 42 heavy (non-hydrogen) atoms. The van der Waals surface area contributed by atoms with Gasteiger partial charge in [0.2, 0.25) is 0 Å². The predicted octanol–water partition coefficient (Wildman–Crippen LogP) is 9.38. The third-order valence-corrected chi connectivity index (χ3v) is 9.82. The molecule has 4 aromatic rings. The van der Waals surface area contributed by atoms with Crippen molar-refractivity contribution >= 4 is 40.8 Å². The summed E-state index contributed by atoms with van der Waals surface area (Å²) in [6.07, 6.45) is 7.90. The molecule has 2 aromatic heterocycles. The third-order valence-electron chi connectivity index (χ3n) is 7.51. The molecule has 2 aromatic carbocycles. The Balaban J connectivity index is 0.000000334. The number of pyridine rings is 1. The van der Waals surface area contributed by atoms with Crippen LogP contribution in [0.2, 0.25) is 0 Å². The van der Waals surface area contributed by atoms with Gasteiger partial charge in [0.15, 0.2) is 5.78 Å². The van der Waals surface area contributed by atoms with Gasteiger partial charge in [-0.3, -0.25) is 4.79 Å². The molecule has 0 aliphatic rings. The Kier molecular flexibility index (Phi) is 13.8. The number of nitrogens with zero attached hydrogens (tertiary/aromatic N) is 2. The quantitative estimate of drug-likeness (QED) is 0.0793. The number of aryl methyl sites for hydroxylation is 2. The van der Waals surface area contributed by atoms with E-state index in [-0.39, 0.29) is 48.9 Å². The third kappa shape index (κ3) is 9.45. The Labute approximate surface area is 272 Å². The Morgan fingerprint density at radius 3 is 2.19 bits per heavy atom. The summed E-state index contributed by atoms with van der Waals surface area (Å²) in [7, 11) is 0. The maximum atomic E-state index is 11.7. The first-order valence-electron chi connectivity index (χ1n) is 15.0. The van der Waals surface area contributed by atoms with E-state index in [0.717, 1.165) is 54.4 Å². The molecule has 1 N–H and O–H groups in total. The van der Waals surface area contributed by atoms with E-state index in [9.17, 15) is 9.90 Å². The molecule has 0 unspecified atom stereocenters. The standard InChI is InChI=1S/C23H23N2Se.C13H24O2.Ir/c1-14-10-15(2)12-16(11-14)21-17-6-7-19-22(18(17)8-9-24-21)26-20(25-19)13-23(3,4)5;1-5-10(6-2)12(14)9-13(15)11(7-3)8-4;/h6-11H,13H2,1-5H3;9-11,14H,5-8H2,1-4H3;/q-1;;/b;12-9-;. The Hall–Kier alpha value is -2.10. The van der Waals surface area contributed by atoms with Gasteiger partial charge in [0.25, 0.3) is 0 Å². The molecule has 0 spiro atoms. The van der Waals surface area contributed by atoms with Crippen molar-refractivity contribution in [3.63, 3.8) is 0 Å². The van der Waals surface area contributed by atoms with Crippen LogP contribution in [0.4, 0.5) is 0 Å². The summed E-state index contributed by atoms with van der Waals surface area (Å²) >= 11 is 0.299. The maximum absolute atomic E-state index is 11.7. The molecule has 6 heteroatoms. The van der Waals surface area contributed by atoms with Gasteiger partial charge >= 0.3 is 161 Å². The summed E-state index contributed by atoms with van der Waals surface area (Å²) in [6, 6.07) is 14.3. The fourth-order valence-electron chi connectivity index (χ4n) is 5.23. The van der Waals surface area contributed by atoms with Crippen molar-refractivity contribution < 1.29 is 30.0 Å². The zero-order chi connectivity index (χ0) is 30.3. The number of carbonyl (C=O) groups is 1. The van der Waals surface area contributed by atoms with Gasteiger partial charge in [-0.15, -0.1) is 0 Å². The van der Waals surface area contributed by atoms with Crippen molar-refractivity contribution in [2.24, 2.45) is 17.3 Å². The van der Waals surface area contributed by atoms with Crippen LogP contribution >= 0.6 is 0 Å². The van der Waals surface area contributed by atoms with E-state index >= 15 is 0 Å². The number of fused-ring (bicyclic) bond motifs is 3. The average Bonchev–Trinajstić information content (AvgIpc) is 3.31. The van der Waals surface area contributed by atoms with Crippen LogP contribution in [0.5, 0.6) is 0 Å². The molecule has 0 fully saturated rings. The minimum Gasteiger partial charge on any atom is 0 e. The second kappa shape index (κ2) is 16.1. The van der Waals surface area contributed by atoms with Gasteiger partial charge in [0.05, 0.1) is 5.76 Å². The molecule has 4 nitrogen and oxygen atoms in total. The van der Waals surface area contributed by atoms with Crippen LogP contribution < -0.4 is 0 Å². The van der Waals surface area contributed by atoms with Crippen LogP contribution in [0.3, 0.4) is 0 Å². The number of allylic oxidation sites excluding steroid dienone is 2. The average molecular weight is 811 g/mol. The van der Waals surface area contributed by atoms with Crippen molar-refractivity contribution in [3.8, 4) is 11.3 Å². The van der Waals surface area contributed by atoms with Gasteiger partial charge in [-0.1, -0.05) is 27.7 Å². The van der Waals surface area contributed by atoms with E-state index in [4.69, 9.17) is 9.97 Å². The number of carbonyl (C=O) groups excluding carboxylic acids is 1. The molecule has 0 bridgehead atoms. The molecule has 229 valence electrons. The SMILES string of the molecule is CCC(CC)C(=O)/C=C(\O)C(CC)CC.Cc1[c-]c(-c2nccc3c2ccc2nc(CC(C)(C)C)[se]c23)cc(C)c1.[Ir]. The molecule has 0 amide bonds. The van der Waals surface area contributed by atoms with Crippen molar-refractivity contribution in [2.45, 2.75) is 94.4 Å². The number of benzene rings is 2. The Bertz CT molecular complexity index is 1490. The van der Waals surface area contributed by atoms with Gasteiger partial charge in [-0.2, -0.15) is 0 Å². The van der Waals surface area contributed by atoms with E-state index in [1.54, 1.807) is 0 Å². The first-order valence-corrected chi connectivity index (χ1v) is 16.7. The molecule has 0 saturated carbocycles. The molecular weight excluding hydrogens is 764 g/mol. The molecule has 0 saturated heterocycles. The number of aliphatic hydroxyl groups excluding tert-OH is 1. The van der Waals surface area contributed by atoms with E-state index in [0.29, 0.717) is 14.5 Å².